The molecule has 0 spiro atoms. The highest BCUT2D eigenvalue weighted by Crippen LogP contribution is 2.29. The largest absolute Gasteiger partial charge is 0.289 e. The summed E-state index contributed by atoms with van der Waals surface area (Å²) in [5.74, 6) is -0.0200. The summed E-state index contributed by atoms with van der Waals surface area (Å²) < 4.78 is 27.6. The Morgan fingerprint density at radius 2 is 2.15 bits per heavy atom. The van der Waals surface area contributed by atoms with E-state index in [9.17, 15) is 8.78 Å². The number of benzene rings is 1. The maximum Gasteiger partial charge on any atom is 0.147 e. The van der Waals surface area contributed by atoms with Gasteiger partial charge < -0.3 is 0 Å². The Morgan fingerprint density at radius 1 is 1.31 bits per heavy atom. The third-order valence-electron chi connectivity index (χ3n) is 1.70. The third kappa shape index (κ3) is 1.67. The first-order valence-corrected chi connectivity index (χ1v) is 4.75. The van der Waals surface area contributed by atoms with E-state index in [1.807, 2.05) is 6.08 Å². The van der Waals surface area contributed by atoms with Crippen molar-refractivity contribution in [3.63, 3.8) is 0 Å². The molecule has 4 heteroatoms. The van der Waals surface area contributed by atoms with E-state index in [-0.39, 0.29) is 5.69 Å². The van der Waals surface area contributed by atoms with Crippen LogP contribution in [0.2, 0.25) is 0 Å². The van der Waals surface area contributed by atoms with Crippen molar-refractivity contribution in [3.8, 4) is 0 Å². The van der Waals surface area contributed by atoms with Crippen LogP contribution in [-0.2, 0) is 0 Å². The highest BCUT2D eigenvalue weighted by atomic mass is 32.2. The van der Waals surface area contributed by atoms with Crippen LogP contribution >= 0.6 is 11.9 Å². The summed E-state index contributed by atoms with van der Waals surface area (Å²) in [5.41, 5.74) is 0.277. The minimum atomic E-state index is -0.419. The molecule has 1 aromatic carbocycles. The van der Waals surface area contributed by atoms with Gasteiger partial charge in [-0.1, -0.05) is 6.08 Å². The molecule has 0 aromatic heterocycles. The molecule has 1 aromatic rings. The second-order valence-corrected chi connectivity index (χ2v) is 3.59. The van der Waals surface area contributed by atoms with E-state index < -0.39 is 11.6 Å². The van der Waals surface area contributed by atoms with Crippen molar-refractivity contribution in [2.45, 2.75) is 0 Å². The van der Waals surface area contributed by atoms with E-state index in [1.54, 1.807) is 10.5 Å². The van der Waals surface area contributed by atoms with Crippen molar-refractivity contribution in [2.24, 2.45) is 0 Å². The van der Waals surface area contributed by atoms with Crippen LogP contribution in [0.15, 0.2) is 30.5 Å². The number of nitrogens with zero attached hydrogens (tertiary/aromatic N) is 1. The lowest BCUT2D eigenvalue weighted by Gasteiger charge is -2.14. The molecule has 0 radical (unpaired) electrons. The van der Waals surface area contributed by atoms with Crippen molar-refractivity contribution < 1.29 is 8.78 Å². The molecule has 0 unspecified atom stereocenters. The van der Waals surface area contributed by atoms with Crippen LogP contribution in [0.25, 0.3) is 0 Å². The summed E-state index contributed by atoms with van der Waals surface area (Å²) >= 11 is 1.43. The maximum absolute atomic E-state index is 13.2. The van der Waals surface area contributed by atoms with Crippen LogP contribution in [0.4, 0.5) is 14.5 Å². The summed E-state index contributed by atoms with van der Waals surface area (Å²) in [6, 6.07) is 3.44. The summed E-state index contributed by atoms with van der Waals surface area (Å²) in [4.78, 5) is 0. The average molecular weight is 199 g/mol. The average Bonchev–Trinajstić information content (AvgIpc) is 2.61. The molecule has 1 aliphatic rings. The quantitative estimate of drug-likeness (QED) is 0.640. The second kappa shape index (κ2) is 3.38. The second-order valence-electron chi connectivity index (χ2n) is 2.60. The van der Waals surface area contributed by atoms with E-state index in [1.165, 1.54) is 18.0 Å². The zero-order chi connectivity index (χ0) is 9.26. The fourth-order valence-corrected chi connectivity index (χ4v) is 1.89. The van der Waals surface area contributed by atoms with Crippen molar-refractivity contribution in [3.05, 3.63) is 42.1 Å². The van der Waals surface area contributed by atoms with Crippen molar-refractivity contribution in [1.82, 2.24) is 0 Å². The predicted octanol–water partition coefficient (Wildman–Crippen LogP) is 2.95. The first kappa shape index (κ1) is 8.56. The molecule has 0 N–H and O–H groups in total. The van der Waals surface area contributed by atoms with Gasteiger partial charge in [0.1, 0.15) is 11.6 Å². The number of halogens is 2. The highest BCUT2D eigenvalue weighted by molar-refractivity contribution is 8.01. The molecule has 1 heterocycles. The van der Waals surface area contributed by atoms with E-state index in [4.69, 9.17) is 0 Å². The van der Waals surface area contributed by atoms with Crippen LogP contribution in [0.1, 0.15) is 0 Å². The lowest BCUT2D eigenvalue weighted by molar-refractivity contribution is 0.602. The van der Waals surface area contributed by atoms with Gasteiger partial charge in [0.25, 0.3) is 0 Å². The molecule has 1 aliphatic heterocycles. The molecule has 0 bridgehead atoms. The Kier molecular flexibility index (Phi) is 2.22. The van der Waals surface area contributed by atoms with Gasteiger partial charge >= 0.3 is 0 Å². The zero-order valence-electron chi connectivity index (χ0n) is 6.71. The number of hydrogen-bond donors (Lipinski definition) is 0. The molecule has 0 aliphatic carbocycles. The van der Waals surface area contributed by atoms with Gasteiger partial charge in [-0.15, -0.1) is 0 Å². The predicted molar refractivity (Wildman–Crippen MR) is 50.4 cm³/mol. The summed E-state index contributed by atoms with van der Waals surface area (Å²) in [5, 5.41) is 0. The van der Waals surface area contributed by atoms with Gasteiger partial charge in [0, 0.05) is 18.0 Å². The molecule has 0 fully saturated rings. The fraction of sp³-hybridized carbons (Fsp3) is 0.111. The zero-order valence-corrected chi connectivity index (χ0v) is 7.52. The third-order valence-corrected chi connectivity index (χ3v) is 2.63. The summed E-state index contributed by atoms with van der Waals surface area (Å²) in [6.45, 7) is 0. The number of hydrogen-bond acceptors (Lipinski definition) is 2. The molecule has 13 heavy (non-hydrogen) atoms. The molecule has 1 nitrogen and oxygen atoms in total. The minimum absolute atomic E-state index is 0.277. The molecule has 0 saturated carbocycles. The normalized spacial score (nSPS) is 15.4. The first-order chi connectivity index (χ1) is 6.27. The molecule has 68 valence electrons. The van der Waals surface area contributed by atoms with Gasteiger partial charge in [-0.2, -0.15) is 0 Å². The van der Waals surface area contributed by atoms with Gasteiger partial charge in [0.2, 0.25) is 0 Å². The Labute approximate surface area is 79.2 Å². The lowest BCUT2D eigenvalue weighted by atomic mass is 10.3. The van der Waals surface area contributed by atoms with Gasteiger partial charge in [-0.25, -0.2) is 8.78 Å². The van der Waals surface area contributed by atoms with Crippen molar-refractivity contribution in [2.75, 3.05) is 10.1 Å². The molecule has 0 saturated heterocycles. The van der Waals surface area contributed by atoms with Crippen molar-refractivity contribution >= 4 is 17.6 Å². The highest BCUT2D eigenvalue weighted by Gasteiger charge is 2.13. The van der Waals surface area contributed by atoms with Crippen LogP contribution in [0.3, 0.4) is 0 Å². The fourth-order valence-electron chi connectivity index (χ4n) is 1.11. The molecule has 0 atom stereocenters. The van der Waals surface area contributed by atoms with Crippen molar-refractivity contribution in [1.29, 1.82) is 0 Å². The molecular formula is C9H7F2NS. The Hall–Kier alpha value is -1.03. The van der Waals surface area contributed by atoms with Crippen LogP contribution in [-0.4, -0.2) is 5.75 Å². The number of anilines is 1. The Morgan fingerprint density at radius 3 is 2.85 bits per heavy atom. The van der Waals surface area contributed by atoms with E-state index in [0.717, 1.165) is 17.9 Å². The minimum Gasteiger partial charge on any atom is -0.289 e. The smallest absolute Gasteiger partial charge is 0.147 e. The standard InChI is InChI=1S/C9H7F2NS/c10-7-2-3-8(11)9(6-7)12-4-1-5-13-12/h1-4,6H,5H2. The van der Waals surface area contributed by atoms with Gasteiger partial charge in [0.15, 0.2) is 0 Å². The van der Waals surface area contributed by atoms with Gasteiger partial charge in [-0.3, -0.25) is 4.31 Å². The number of rotatable bonds is 1. The summed E-state index contributed by atoms with van der Waals surface area (Å²) in [6.07, 6.45) is 3.64. The van der Waals surface area contributed by atoms with Crippen LogP contribution in [0, 0.1) is 11.6 Å². The molecule has 0 amide bonds. The Bertz CT molecular complexity index is 351. The molecule has 2 rings (SSSR count). The SMILES string of the molecule is Fc1ccc(F)c(N2C=CCS2)c1. The van der Waals surface area contributed by atoms with Gasteiger partial charge in [-0.05, 0) is 24.1 Å². The summed E-state index contributed by atoms with van der Waals surface area (Å²) in [7, 11) is 0. The Balaban J connectivity index is 2.37. The maximum atomic E-state index is 13.2. The van der Waals surface area contributed by atoms with E-state index in [0.29, 0.717) is 0 Å². The van der Waals surface area contributed by atoms with Gasteiger partial charge in [0.05, 0.1) is 5.69 Å². The van der Waals surface area contributed by atoms with E-state index >= 15 is 0 Å². The van der Waals surface area contributed by atoms with Crippen LogP contribution in [0.5, 0.6) is 0 Å². The van der Waals surface area contributed by atoms with E-state index in [2.05, 4.69) is 0 Å². The van der Waals surface area contributed by atoms with Crippen LogP contribution < -0.4 is 4.31 Å². The monoisotopic (exact) mass is 199 g/mol. The lowest BCUT2D eigenvalue weighted by Crippen LogP contribution is -2.03. The topological polar surface area (TPSA) is 3.24 Å². The molecular weight excluding hydrogens is 192 g/mol. The first-order valence-electron chi connectivity index (χ1n) is 3.81.